The zero-order valence-electron chi connectivity index (χ0n) is 10.9. The van der Waals surface area contributed by atoms with Gasteiger partial charge in [-0.15, -0.1) is 0 Å². The molecule has 1 nitrogen and oxygen atoms in total. The lowest BCUT2D eigenvalue weighted by molar-refractivity contribution is 0.230. The van der Waals surface area contributed by atoms with E-state index in [1.54, 1.807) is 0 Å². The van der Waals surface area contributed by atoms with Gasteiger partial charge in [0.2, 0.25) is 0 Å². The SMILES string of the molecule is CCCC(CC)NC1CCCCC1CC. The Bertz CT molecular complexity index is 155. The Balaban J connectivity index is 2.38. The average molecular weight is 211 g/mol. The van der Waals surface area contributed by atoms with Crippen molar-refractivity contribution in [2.45, 2.75) is 84.2 Å². The summed E-state index contributed by atoms with van der Waals surface area (Å²) in [5.41, 5.74) is 0. The van der Waals surface area contributed by atoms with Crippen LogP contribution in [0.2, 0.25) is 0 Å². The van der Waals surface area contributed by atoms with Crippen molar-refractivity contribution >= 4 is 0 Å². The van der Waals surface area contributed by atoms with E-state index in [-0.39, 0.29) is 0 Å². The first-order chi connectivity index (χ1) is 7.31. The molecule has 3 unspecified atom stereocenters. The van der Waals surface area contributed by atoms with E-state index in [4.69, 9.17) is 0 Å². The van der Waals surface area contributed by atoms with Gasteiger partial charge in [-0.3, -0.25) is 0 Å². The molecule has 3 atom stereocenters. The van der Waals surface area contributed by atoms with Crippen LogP contribution in [-0.4, -0.2) is 12.1 Å². The lowest BCUT2D eigenvalue weighted by Crippen LogP contribution is -2.44. The molecule has 0 heterocycles. The molecule has 0 radical (unpaired) electrons. The topological polar surface area (TPSA) is 12.0 Å². The van der Waals surface area contributed by atoms with Gasteiger partial charge in [-0.2, -0.15) is 0 Å². The number of nitrogens with one attached hydrogen (secondary N) is 1. The van der Waals surface area contributed by atoms with Gasteiger partial charge >= 0.3 is 0 Å². The zero-order chi connectivity index (χ0) is 11.1. The molecule has 1 aliphatic carbocycles. The molecular weight excluding hydrogens is 182 g/mol. The first kappa shape index (κ1) is 13.0. The van der Waals surface area contributed by atoms with Crippen LogP contribution in [0.3, 0.4) is 0 Å². The van der Waals surface area contributed by atoms with Crippen molar-refractivity contribution in [3.8, 4) is 0 Å². The lowest BCUT2D eigenvalue weighted by Gasteiger charge is -2.34. The Morgan fingerprint density at radius 1 is 1.13 bits per heavy atom. The van der Waals surface area contributed by atoms with Crippen LogP contribution in [0.15, 0.2) is 0 Å². The molecule has 1 rings (SSSR count). The lowest BCUT2D eigenvalue weighted by atomic mass is 9.82. The van der Waals surface area contributed by atoms with Gasteiger partial charge in [-0.05, 0) is 31.6 Å². The molecular formula is C14H29N. The molecule has 1 N–H and O–H groups in total. The van der Waals surface area contributed by atoms with E-state index in [1.165, 1.54) is 51.4 Å². The fraction of sp³-hybridized carbons (Fsp3) is 1.00. The van der Waals surface area contributed by atoms with Gasteiger partial charge < -0.3 is 5.32 Å². The molecule has 90 valence electrons. The Labute approximate surface area is 96.0 Å². The molecule has 0 aromatic rings. The van der Waals surface area contributed by atoms with Crippen molar-refractivity contribution in [2.24, 2.45) is 5.92 Å². The average Bonchev–Trinajstić information content (AvgIpc) is 2.29. The minimum atomic E-state index is 0.771. The smallest absolute Gasteiger partial charge is 0.00978 e. The van der Waals surface area contributed by atoms with Crippen molar-refractivity contribution in [1.29, 1.82) is 0 Å². The first-order valence-electron chi connectivity index (χ1n) is 7.07. The molecule has 0 aromatic heterocycles. The van der Waals surface area contributed by atoms with Crippen LogP contribution in [0.5, 0.6) is 0 Å². The molecule has 1 saturated carbocycles. The maximum absolute atomic E-state index is 3.91. The Kier molecular flexibility index (Phi) is 6.31. The van der Waals surface area contributed by atoms with Gasteiger partial charge in [-0.1, -0.05) is 46.5 Å². The van der Waals surface area contributed by atoms with Crippen molar-refractivity contribution in [2.75, 3.05) is 0 Å². The summed E-state index contributed by atoms with van der Waals surface area (Å²) in [6.07, 6.45) is 11.1. The maximum atomic E-state index is 3.91. The third-order valence-corrected chi connectivity index (χ3v) is 4.01. The molecule has 1 heteroatoms. The quantitative estimate of drug-likeness (QED) is 0.697. The van der Waals surface area contributed by atoms with Gasteiger partial charge in [0, 0.05) is 12.1 Å². The minimum Gasteiger partial charge on any atom is -0.311 e. The predicted molar refractivity (Wildman–Crippen MR) is 68.2 cm³/mol. The van der Waals surface area contributed by atoms with Crippen molar-refractivity contribution < 1.29 is 0 Å². The second-order valence-corrected chi connectivity index (χ2v) is 5.12. The summed E-state index contributed by atoms with van der Waals surface area (Å²) in [5.74, 6) is 0.949. The Morgan fingerprint density at radius 2 is 1.87 bits per heavy atom. The highest BCUT2D eigenvalue weighted by Crippen LogP contribution is 2.27. The zero-order valence-corrected chi connectivity index (χ0v) is 10.9. The van der Waals surface area contributed by atoms with E-state index in [1.807, 2.05) is 0 Å². The third kappa shape index (κ3) is 4.14. The van der Waals surface area contributed by atoms with Gasteiger partial charge in [0.25, 0.3) is 0 Å². The molecule has 0 amide bonds. The molecule has 0 aromatic carbocycles. The first-order valence-corrected chi connectivity index (χ1v) is 7.07. The largest absolute Gasteiger partial charge is 0.311 e. The van der Waals surface area contributed by atoms with Crippen LogP contribution in [0.1, 0.15) is 72.1 Å². The minimum absolute atomic E-state index is 0.771. The van der Waals surface area contributed by atoms with Gasteiger partial charge in [0.1, 0.15) is 0 Å². The second kappa shape index (κ2) is 7.27. The normalized spacial score (nSPS) is 29.0. The van der Waals surface area contributed by atoms with Gasteiger partial charge in [0.15, 0.2) is 0 Å². The highest BCUT2D eigenvalue weighted by atomic mass is 15.0. The summed E-state index contributed by atoms with van der Waals surface area (Å²) in [7, 11) is 0. The fourth-order valence-electron chi connectivity index (χ4n) is 2.97. The van der Waals surface area contributed by atoms with Crippen LogP contribution >= 0.6 is 0 Å². The summed E-state index contributed by atoms with van der Waals surface area (Å²) in [6, 6.07) is 1.59. The summed E-state index contributed by atoms with van der Waals surface area (Å²) in [5, 5.41) is 3.91. The number of hydrogen-bond donors (Lipinski definition) is 1. The van der Waals surface area contributed by atoms with E-state index in [2.05, 4.69) is 26.1 Å². The van der Waals surface area contributed by atoms with Gasteiger partial charge in [0.05, 0.1) is 0 Å². The Hall–Kier alpha value is -0.0400. The molecule has 0 spiro atoms. The van der Waals surface area contributed by atoms with Crippen LogP contribution in [0.25, 0.3) is 0 Å². The van der Waals surface area contributed by atoms with Crippen molar-refractivity contribution in [1.82, 2.24) is 5.32 Å². The standard InChI is InChI=1S/C14H29N/c1-4-9-13(6-3)15-14-11-8-7-10-12(14)5-2/h12-15H,4-11H2,1-3H3. The van der Waals surface area contributed by atoms with Gasteiger partial charge in [-0.25, -0.2) is 0 Å². The van der Waals surface area contributed by atoms with E-state index in [0.29, 0.717) is 0 Å². The predicted octanol–water partition coefficient (Wildman–Crippen LogP) is 4.12. The van der Waals surface area contributed by atoms with E-state index in [9.17, 15) is 0 Å². The number of rotatable bonds is 6. The number of hydrogen-bond acceptors (Lipinski definition) is 1. The molecule has 1 aliphatic rings. The summed E-state index contributed by atoms with van der Waals surface area (Å²) in [6.45, 7) is 6.96. The highest BCUT2D eigenvalue weighted by Gasteiger charge is 2.24. The van der Waals surface area contributed by atoms with E-state index in [0.717, 1.165) is 18.0 Å². The molecule has 0 aliphatic heterocycles. The van der Waals surface area contributed by atoms with Crippen LogP contribution < -0.4 is 5.32 Å². The monoisotopic (exact) mass is 211 g/mol. The summed E-state index contributed by atoms with van der Waals surface area (Å²) in [4.78, 5) is 0. The fourth-order valence-corrected chi connectivity index (χ4v) is 2.97. The van der Waals surface area contributed by atoms with Crippen LogP contribution in [0.4, 0.5) is 0 Å². The highest BCUT2D eigenvalue weighted by molar-refractivity contribution is 4.82. The third-order valence-electron chi connectivity index (χ3n) is 4.01. The molecule has 0 bridgehead atoms. The van der Waals surface area contributed by atoms with Crippen molar-refractivity contribution in [3.05, 3.63) is 0 Å². The summed E-state index contributed by atoms with van der Waals surface area (Å²) >= 11 is 0. The molecule has 1 fully saturated rings. The molecule has 15 heavy (non-hydrogen) atoms. The van der Waals surface area contributed by atoms with Crippen LogP contribution in [-0.2, 0) is 0 Å². The maximum Gasteiger partial charge on any atom is 0.00978 e. The van der Waals surface area contributed by atoms with Crippen LogP contribution in [0, 0.1) is 5.92 Å². The van der Waals surface area contributed by atoms with E-state index < -0.39 is 0 Å². The van der Waals surface area contributed by atoms with Crippen molar-refractivity contribution in [3.63, 3.8) is 0 Å². The Morgan fingerprint density at radius 3 is 2.47 bits per heavy atom. The summed E-state index contributed by atoms with van der Waals surface area (Å²) < 4.78 is 0. The molecule has 0 saturated heterocycles. The second-order valence-electron chi connectivity index (χ2n) is 5.12. The van der Waals surface area contributed by atoms with E-state index >= 15 is 0 Å².